The topological polar surface area (TPSA) is 69.0 Å². The van der Waals surface area contributed by atoms with E-state index in [1.54, 1.807) is 10.9 Å². The van der Waals surface area contributed by atoms with Crippen LogP contribution in [0.25, 0.3) is 5.82 Å². The van der Waals surface area contributed by atoms with Crippen LogP contribution in [0.2, 0.25) is 0 Å². The van der Waals surface area contributed by atoms with E-state index in [1.807, 2.05) is 55.5 Å². The lowest BCUT2D eigenvalue weighted by molar-refractivity contribution is -0.118. The van der Waals surface area contributed by atoms with E-state index in [0.29, 0.717) is 17.4 Å². The van der Waals surface area contributed by atoms with Crippen LogP contribution in [-0.2, 0) is 10.2 Å². The van der Waals surface area contributed by atoms with Crippen molar-refractivity contribution in [1.82, 2.24) is 14.8 Å². The third kappa shape index (κ3) is 4.73. The van der Waals surface area contributed by atoms with Crippen LogP contribution in [0, 0.1) is 6.92 Å². The van der Waals surface area contributed by atoms with Crippen molar-refractivity contribution in [2.45, 2.75) is 33.1 Å². The minimum Gasteiger partial charge on any atom is -0.484 e. The minimum absolute atomic E-state index is 0.0820. The summed E-state index contributed by atoms with van der Waals surface area (Å²) in [5.74, 6) is 1.61. The molecule has 0 bridgehead atoms. The van der Waals surface area contributed by atoms with E-state index < -0.39 is 0 Å². The number of nitrogens with zero attached hydrogens (tertiary/aromatic N) is 3. The highest BCUT2D eigenvalue weighted by Gasteiger charge is 2.22. The zero-order valence-corrected chi connectivity index (χ0v) is 16.1. The second-order valence-corrected chi connectivity index (χ2v) is 7.41. The van der Waals surface area contributed by atoms with Gasteiger partial charge in [-0.1, -0.05) is 44.5 Å². The molecule has 0 atom stereocenters. The van der Waals surface area contributed by atoms with Crippen LogP contribution in [0.3, 0.4) is 0 Å². The molecule has 0 spiro atoms. The maximum atomic E-state index is 12.4. The third-order valence-corrected chi connectivity index (χ3v) is 4.00. The van der Waals surface area contributed by atoms with Crippen molar-refractivity contribution in [2.24, 2.45) is 0 Å². The number of amides is 1. The fourth-order valence-corrected chi connectivity index (χ4v) is 2.45. The van der Waals surface area contributed by atoms with Crippen molar-refractivity contribution in [1.29, 1.82) is 0 Å². The molecule has 0 fully saturated rings. The molecule has 1 amide bonds. The van der Waals surface area contributed by atoms with Gasteiger partial charge in [0.05, 0.1) is 5.69 Å². The van der Waals surface area contributed by atoms with Gasteiger partial charge in [0.1, 0.15) is 11.6 Å². The van der Waals surface area contributed by atoms with Crippen LogP contribution in [-0.4, -0.2) is 27.3 Å². The van der Waals surface area contributed by atoms with Gasteiger partial charge in [-0.3, -0.25) is 4.79 Å². The number of anilines is 1. The number of carbonyl (C=O) groups excluding carboxylic acids is 1. The first-order chi connectivity index (χ1) is 12.8. The van der Waals surface area contributed by atoms with E-state index >= 15 is 0 Å². The number of carbonyl (C=O) groups is 1. The lowest BCUT2D eigenvalue weighted by Crippen LogP contribution is -2.22. The van der Waals surface area contributed by atoms with Crippen molar-refractivity contribution in [3.63, 3.8) is 0 Å². The van der Waals surface area contributed by atoms with Crippen molar-refractivity contribution < 1.29 is 9.53 Å². The molecule has 0 radical (unpaired) electrons. The monoisotopic (exact) mass is 364 g/mol. The summed E-state index contributed by atoms with van der Waals surface area (Å²) in [6.45, 7) is 8.14. The number of benzene rings is 1. The number of nitrogens with one attached hydrogen (secondary N) is 1. The van der Waals surface area contributed by atoms with Gasteiger partial charge in [0.25, 0.3) is 5.91 Å². The van der Waals surface area contributed by atoms with Crippen LogP contribution in [0.15, 0.2) is 54.7 Å². The van der Waals surface area contributed by atoms with Crippen LogP contribution < -0.4 is 10.1 Å². The van der Waals surface area contributed by atoms with Gasteiger partial charge in [-0.05, 0) is 31.2 Å². The van der Waals surface area contributed by atoms with Crippen molar-refractivity contribution in [3.8, 4) is 11.6 Å². The van der Waals surface area contributed by atoms with Crippen LogP contribution in [0.1, 0.15) is 32.0 Å². The predicted octanol–water partition coefficient (Wildman–Crippen LogP) is 3.89. The Balaban J connectivity index is 1.77. The van der Waals surface area contributed by atoms with Crippen LogP contribution in [0.5, 0.6) is 5.75 Å². The van der Waals surface area contributed by atoms with E-state index in [-0.39, 0.29) is 17.9 Å². The standard InChI is InChI=1S/C21H24N4O2/c1-15-8-10-16(11-9-15)27-14-20(26)23-19-13-17(21(2,3)4)24-25(19)18-7-5-6-12-22-18/h5-13H,14H2,1-4H3,(H,23,26). The molecule has 2 heterocycles. The average Bonchev–Trinajstić information content (AvgIpc) is 3.06. The van der Waals surface area contributed by atoms with Gasteiger partial charge in [0.15, 0.2) is 12.4 Å². The van der Waals surface area contributed by atoms with Gasteiger partial charge >= 0.3 is 0 Å². The second kappa shape index (κ2) is 7.61. The molecule has 6 nitrogen and oxygen atoms in total. The molecule has 27 heavy (non-hydrogen) atoms. The number of ether oxygens (including phenoxy) is 1. The second-order valence-electron chi connectivity index (χ2n) is 7.41. The SMILES string of the molecule is Cc1ccc(OCC(=O)Nc2cc(C(C)(C)C)nn2-c2ccccn2)cc1. The normalized spacial score (nSPS) is 11.3. The molecule has 3 aromatic rings. The molecule has 1 aromatic carbocycles. The molecule has 3 rings (SSSR count). The Hall–Kier alpha value is -3.15. The van der Waals surface area contributed by atoms with Crippen molar-refractivity contribution in [2.75, 3.05) is 11.9 Å². The average molecular weight is 364 g/mol. The fourth-order valence-electron chi connectivity index (χ4n) is 2.45. The number of hydrogen-bond donors (Lipinski definition) is 1. The minimum atomic E-state index is -0.256. The largest absolute Gasteiger partial charge is 0.484 e. The molecule has 140 valence electrons. The van der Waals surface area contributed by atoms with Gasteiger partial charge in [-0.2, -0.15) is 9.78 Å². The highest BCUT2D eigenvalue weighted by atomic mass is 16.5. The summed E-state index contributed by atoms with van der Waals surface area (Å²) in [4.78, 5) is 16.7. The smallest absolute Gasteiger partial charge is 0.263 e. The number of rotatable bonds is 5. The highest BCUT2D eigenvalue weighted by molar-refractivity contribution is 5.91. The Kier molecular flexibility index (Phi) is 5.26. The first-order valence-electron chi connectivity index (χ1n) is 8.84. The Morgan fingerprint density at radius 3 is 2.52 bits per heavy atom. The summed E-state index contributed by atoms with van der Waals surface area (Å²) in [5, 5.41) is 7.51. The zero-order valence-electron chi connectivity index (χ0n) is 16.1. The summed E-state index contributed by atoms with van der Waals surface area (Å²) in [5.41, 5.74) is 1.85. The van der Waals surface area contributed by atoms with E-state index in [9.17, 15) is 4.79 Å². The molecule has 2 aromatic heterocycles. The Bertz CT molecular complexity index is 910. The molecule has 0 aliphatic heterocycles. The van der Waals surface area contributed by atoms with Gasteiger partial charge in [-0.15, -0.1) is 0 Å². The molecule has 1 N–H and O–H groups in total. The molecular weight excluding hydrogens is 340 g/mol. The molecule has 0 saturated carbocycles. The summed E-state index contributed by atoms with van der Waals surface area (Å²) < 4.78 is 7.20. The Morgan fingerprint density at radius 2 is 1.89 bits per heavy atom. The van der Waals surface area contributed by atoms with Gasteiger partial charge in [-0.25, -0.2) is 4.98 Å². The van der Waals surface area contributed by atoms with E-state index in [0.717, 1.165) is 11.3 Å². The quantitative estimate of drug-likeness (QED) is 0.746. The van der Waals surface area contributed by atoms with E-state index in [4.69, 9.17) is 4.74 Å². The molecule has 0 aliphatic carbocycles. The molecule has 0 unspecified atom stereocenters. The zero-order chi connectivity index (χ0) is 19.4. The summed E-state index contributed by atoms with van der Waals surface area (Å²) >= 11 is 0. The van der Waals surface area contributed by atoms with E-state index in [2.05, 4.69) is 36.2 Å². The molecule has 0 saturated heterocycles. The Morgan fingerprint density at radius 1 is 1.15 bits per heavy atom. The summed E-state index contributed by atoms with van der Waals surface area (Å²) in [6.07, 6.45) is 1.69. The summed E-state index contributed by atoms with van der Waals surface area (Å²) in [6, 6.07) is 15.0. The lowest BCUT2D eigenvalue weighted by Gasteiger charge is -2.13. The number of hydrogen-bond acceptors (Lipinski definition) is 4. The number of aromatic nitrogens is 3. The maximum Gasteiger partial charge on any atom is 0.263 e. The van der Waals surface area contributed by atoms with Crippen LogP contribution >= 0.6 is 0 Å². The third-order valence-electron chi connectivity index (χ3n) is 4.00. The van der Waals surface area contributed by atoms with E-state index in [1.165, 1.54) is 0 Å². The van der Waals surface area contributed by atoms with Gasteiger partial charge < -0.3 is 10.1 Å². The fraction of sp³-hybridized carbons (Fsp3) is 0.286. The summed E-state index contributed by atoms with van der Waals surface area (Å²) in [7, 11) is 0. The number of pyridine rings is 1. The molecule has 0 aliphatic rings. The molecular formula is C21H24N4O2. The highest BCUT2D eigenvalue weighted by Crippen LogP contribution is 2.25. The first-order valence-corrected chi connectivity index (χ1v) is 8.84. The van der Waals surface area contributed by atoms with Crippen molar-refractivity contribution in [3.05, 3.63) is 66.0 Å². The Labute approximate surface area is 159 Å². The predicted molar refractivity (Wildman–Crippen MR) is 105 cm³/mol. The lowest BCUT2D eigenvalue weighted by atomic mass is 9.92. The van der Waals surface area contributed by atoms with Gasteiger partial charge in [0, 0.05) is 17.7 Å². The maximum absolute atomic E-state index is 12.4. The van der Waals surface area contributed by atoms with Gasteiger partial charge in [0.2, 0.25) is 0 Å². The van der Waals surface area contributed by atoms with Crippen LogP contribution in [0.4, 0.5) is 5.82 Å². The number of aryl methyl sites for hydroxylation is 1. The first kappa shape index (κ1) is 18.6. The molecule has 6 heteroatoms. The van der Waals surface area contributed by atoms with Crippen molar-refractivity contribution >= 4 is 11.7 Å².